The third kappa shape index (κ3) is 4.21. The van der Waals surface area contributed by atoms with Gasteiger partial charge in [-0.05, 0) is 12.8 Å². The molecule has 5 heterocycles. The van der Waals surface area contributed by atoms with Crippen molar-refractivity contribution in [2.75, 3.05) is 39.3 Å². The molecule has 0 aromatic carbocycles. The summed E-state index contributed by atoms with van der Waals surface area (Å²) in [5.74, 6) is -3.04. The van der Waals surface area contributed by atoms with Crippen molar-refractivity contribution in [2.24, 2.45) is 16.8 Å². The number of nitrogens with zero attached hydrogens (tertiary/aromatic N) is 7. The molecule has 2 saturated heterocycles. The second-order valence-corrected chi connectivity index (χ2v) is 8.96. The molecule has 3 unspecified atom stereocenters. The van der Waals surface area contributed by atoms with Crippen LogP contribution >= 0.6 is 0 Å². The van der Waals surface area contributed by atoms with Crippen LogP contribution in [-0.4, -0.2) is 105 Å². The Bertz CT molecular complexity index is 1120. The Morgan fingerprint density at radius 1 is 1.11 bits per heavy atom. The van der Waals surface area contributed by atoms with Gasteiger partial charge in [-0.2, -0.15) is 0 Å². The number of Topliss-reactive ketones (excluding diaryl/α,β-unsaturated/α-hetero) is 1. The number of carbonyl (C=O) groups excluding carboxylic acids is 4. The van der Waals surface area contributed by atoms with E-state index in [4.69, 9.17) is 0 Å². The SMILES string of the molecule is O=CN1CCCC(C(=O)N2CCN(C(=O)C(=O)C3=CNC4C(n5ccnn5)=NC=C(F)C34)CC2)C1. The van der Waals surface area contributed by atoms with Gasteiger partial charge < -0.3 is 20.0 Å². The number of likely N-dealkylation sites (tertiary alicyclic amines) is 1. The number of fused-ring (bicyclic) bond motifs is 1. The summed E-state index contributed by atoms with van der Waals surface area (Å²) in [7, 11) is 0. The largest absolute Gasteiger partial charge is 0.380 e. The maximum atomic E-state index is 14.7. The molecule has 1 aromatic rings. The van der Waals surface area contributed by atoms with Crippen molar-refractivity contribution < 1.29 is 23.6 Å². The molecule has 5 rings (SSSR count). The topological polar surface area (TPSA) is 133 Å². The summed E-state index contributed by atoms with van der Waals surface area (Å²) >= 11 is 0. The number of aliphatic imine (C=N–C) groups is 1. The summed E-state index contributed by atoms with van der Waals surface area (Å²) in [6.07, 6.45) is 7.68. The van der Waals surface area contributed by atoms with Crippen molar-refractivity contribution in [1.29, 1.82) is 0 Å². The molecule has 1 N–H and O–H groups in total. The highest BCUT2D eigenvalue weighted by Gasteiger charge is 2.45. The first-order chi connectivity index (χ1) is 17.0. The summed E-state index contributed by atoms with van der Waals surface area (Å²) < 4.78 is 16.1. The summed E-state index contributed by atoms with van der Waals surface area (Å²) in [5.41, 5.74) is 0.0240. The molecule has 12 nitrogen and oxygen atoms in total. The number of aromatic nitrogens is 3. The zero-order valence-electron chi connectivity index (χ0n) is 18.9. The van der Waals surface area contributed by atoms with E-state index in [0.29, 0.717) is 32.0 Å². The lowest BCUT2D eigenvalue weighted by atomic mass is 9.88. The van der Waals surface area contributed by atoms with E-state index in [9.17, 15) is 23.6 Å². The van der Waals surface area contributed by atoms with Crippen molar-refractivity contribution in [2.45, 2.75) is 18.9 Å². The second kappa shape index (κ2) is 9.39. The van der Waals surface area contributed by atoms with E-state index in [-0.39, 0.29) is 30.5 Å². The molecule has 4 aliphatic rings. The predicted molar refractivity (Wildman–Crippen MR) is 119 cm³/mol. The molecule has 184 valence electrons. The van der Waals surface area contributed by atoms with E-state index in [1.54, 1.807) is 16.0 Å². The molecule has 0 aliphatic carbocycles. The minimum absolute atomic E-state index is 0.0240. The number of piperazine rings is 1. The first-order valence-corrected chi connectivity index (χ1v) is 11.6. The lowest BCUT2D eigenvalue weighted by Gasteiger charge is -2.38. The molecule has 13 heteroatoms. The van der Waals surface area contributed by atoms with Crippen molar-refractivity contribution in [1.82, 2.24) is 35.0 Å². The highest BCUT2D eigenvalue weighted by Crippen LogP contribution is 2.34. The van der Waals surface area contributed by atoms with E-state index in [2.05, 4.69) is 20.6 Å². The zero-order valence-corrected chi connectivity index (χ0v) is 18.9. The first kappa shape index (κ1) is 22.9. The van der Waals surface area contributed by atoms with E-state index < -0.39 is 29.5 Å². The number of piperidine rings is 1. The molecule has 2 fully saturated rings. The molecular weight excluding hydrogens is 459 g/mol. The Morgan fingerprint density at radius 3 is 2.60 bits per heavy atom. The average molecular weight is 484 g/mol. The van der Waals surface area contributed by atoms with Crippen molar-refractivity contribution >= 4 is 29.8 Å². The van der Waals surface area contributed by atoms with Crippen LogP contribution in [0.2, 0.25) is 0 Å². The molecule has 35 heavy (non-hydrogen) atoms. The van der Waals surface area contributed by atoms with Crippen LogP contribution in [0, 0.1) is 11.8 Å². The van der Waals surface area contributed by atoms with Crippen LogP contribution in [0.5, 0.6) is 0 Å². The smallest absolute Gasteiger partial charge is 0.294 e. The van der Waals surface area contributed by atoms with Crippen LogP contribution in [0.1, 0.15) is 12.8 Å². The van der Waals surface area contributed by atoms with Gasteiger partial charge in [-0.15, -0.1) is 5.10 Å². The molecule has 0 bridgehead atoms. The van der Waals surface area contributed by atoms with Crippen LogP contribution in [0.4, 0.5) is 4.39 Å². The number of carbonyl (C=O) groups is 4. The Labute approximate surface area is 200 Å². The van der Waals surface area contributed by atoms with E-state index in [1.807, 2.05) is 0 Å². The molecule has 1 aromatic heterocycles. The highest BCUT2D eigenvalue weighted by atomic mass is 19.1. The number of ketones is 1. The Kier molecular flexibility index (Phi) is 6.14. The quantitative estimate of drug-likeness (QED) is 0.425. The summed E-state index contributed by atoms with van der Waals surface area (Å²) in [5, 5.41) is 10.6. The number of hydrogen-bond acceptors (Lipinski definition) is 8. The van der Waals surface area contributed by atoms with E-state index >= 15 is 0 Å². The normalized spacial score (nSPS) is 26.3. The van der Waals surface area contributed by atoms with Gasteiger partial charge in [0, 0.05) is 51.0 Å². The number of nitrogens with one attached hydrogen (secondary N) is 1. The van der Waals surface area contributed by atoms with Gasteiger partial charge in [0.05, 0.1) is 36.5 Å². The standard InChI is InChI=1S/C22H25FN8O4/c23-16-11-25-20(31-5-3-26-27-31)18-17(16)15(10-24-18)19(33)22(35)30-8-6-29(7-9-30)21(34)14-2-1-4-28(12-14)13-32/h3,5,10-11,13-14,17-18,24H,1-2,4,6-9,12H2. The molecule has 0 saturated carbocycles. The Balaban J connectivity index is 1.20. The predicted octanol–water partition coefficient (Wildman–Crippen LogP) is -1.07. The van der Waals surface area contributed by atoms with Crippen LogP contribution in [-0.2, 0) is 19.2 Å². The lowest BCUT2D eigenvalue weighted by Crippen LogP contribution is -2.55. The van der Waals surface area contributed by atoms with Crippen LogP contribution in [0.3, 0.4) is 0 Å². The van der Waals surface area contributed by atoms with Gasteiger partial charge >= 0.3 is 0 Å². The van der Waals surface area contributed by atoms with Gasteiger partial charge in [-0.3, -0.25) is 19.2 Å². The highest BCUT2D eigenvalue weighted by molar-refractivity contribution is 6.43. The van der Waals surface area contributed by atoms with Crippen molar-refractivity contribution in [3.05, 3.63) is 36.2 Å². The minimum atomic E-state index is -0.988. The monoisotopic (exact) mass is 484 g/mol. The molecule has 0 radical (unpaired) electrons. The number of amides is 3. The van der Waals surface area contributed by atoms with Gasteiger partial charge in [0.1, 0.15) is 5.83 Å². The third-order valence-electron chi connectivity index (χ3n) is 6.93. The van der Waals surface area contributed by atoms with E-state index in [1.165, 1.54) is 22.0 Å². The third-order valence-corrected chi connectivity index (χ3v) is 6.93. The second-order valence-electron chi connectivity index (χ2n) is 8.96. The van der Waals surface area contributed by atoms with Crippen LogP contribution in [0.15, 0.2) is 41.2 Å². The molecule has 4 aliphatic heterocycles. The maximum absolute atomic E-state index is 14.7. The molecule has 3 amide bonds. The minimum Gasteiger partial charge on any atom is -0.380 e. The fraction of sp³-hybridized carbons (Fsp3) is 0.500. The van der Waals surface area contributed by atoms with Gasteiger partial charge in [0.25, 0.3) is 5.91 Å². The summed E-state index contributed by atoms with van der Waals surface area (Å²) in [4.78, 5) is 58.8. The lowest BCUT2D eigenvalue weighted by molar-refractivity contribution is -0.147. The first-order valence-electron chi connectivity index (χ1n) is 11.6. The Hall–Kier alpha value is -3.90. The zero-order chi connectivity index (χ0) is 24.5. The van der Waals surface area contributed by atoms with Gasteiger partial charge in [0.15, 0.2) is 5.84 Å². The van der Waals surface area contributed by atoms with Gasteiger partial charge in [0.2, 0.25) is 18.1 Å². The maximum Gasteiger partial charge on any atom is 0.294 e. The number of halogens is 1. The molecular formula is C22H25FN8O4. The fourth-order valence-electron chi connectivity index (χ4n) is 5.06. The Morgan fingerprint density at radius 2 is 1.89 bits per heavy atom. The summed E-state index contributed by atoms with van der Waals surface area (Å²) in [6.45, 7) is 2.08. The average Bonchev–Trinajstić information content (AvgIpc) is 3.59. The van der Waals surface area contributed by atoms with E-state index in [0.717, 1.165) is 25.5 Å². The summed E-state index contributed by atoms with van der Waals surface area (Å²) in [6, 6.07) is -0.690. The van der Waals surface area contributed by atoms with Crippen molar-refractivity contribution in [3.8, 4) is 0 Å². The van der Waals surface area contributed by atoms with Gasteiger partial charge in [-0.1, -0.05) is 5.21 Å². The number of rotatable bonds is 4. The van der Waals surface area contributed by atoms with Crippen LogP contribution in [0.25, 0.3) is 0 Å². The fourth-order valence-corrected chi connectivity index (χ4v) is 5.06. The molecule has 0 spiro atoms. The molecule has 3 atom stereocenters. The van der Waals surface area contributed by atoms with Gasteiger partial charge in [-0.25, -0.2) is 14.1 Å². The van der Waals surface area contributed by atoms with Crippen LogP contribution < -0.4 is 5.32 Å². The van der Waals surface area contributed by atoms with Crippen molar-refractivity contribution in [3.63, 3.8) is 0 Å². The number of hydrogen-bond donors (Lipinski definition) is 1.